The van der Waals surface area contributed by atoms with Gasteiger partial charge in [0.25, 0.3) is 0 Å². The van der Waals surface area contributed by atoms with Crippen molar-refractivity contribution in [2.75, 3.05) is 32.7 Å². The smallest absolute Gasteiger partial charge is 0.411 e. The molecule has 0 radical (unpaired) electrons. The lowest BCUT2D eigenvalue weighted by Gasteiger charge is -2.37. The second kappa shape index (κ2) is 10.2. The quantitative estimate of drug-likeness (QED) is 0.673. The van der Waals surface area contributed by atoms with Gasteiger partial charge >= 0.3 is 6.09 Å². The molecule has 0 unspecified atom stereocenters. The van der Waals surface area contributed by atoms with Crippen molar-refractivity contribution in [3.63, 3.8) is 0 Å². The number of nitriles is 1. The zero-order chi connectivity index (χ0) is 24.3. The maximum Gasteiger partial charge on any atom is 0.411 e. The fourth-order valence-corrected chi connectivity index (χ4v) is 4.93. The SMILES string of the molecule is CC(C)(C)OC(=O)N1C[C@H](Oc2ccc(C#N)cc2)C[C@@H]1C(=O)N1CCCN(C2CCC2)CC1. The van der Waals surface area contributed by atoms with Crippen molar-refractivity contribution in [2.45, 2.75) is 76.7 Å². The molecule has 1 aromatic rings. The fraction of sp³-hybridized carbons (Fsp3) is 0.654. The van der Waals surface area contributed by atoms with Crippen molar-refractivity contribution in [1.82, 2.24) is 14.7 Å². The highest BCUT2D eigenvalue weighted by atomic mass is 16.6. The van der Waals surface area contributed by atoms with Gasteiger partial charge in [-0.2, -0.15) is 5.26 Å². The van der Waals surface area contributed by atoms with Gasteiger partial charge in [0.05, 0.1) is 18.2 Å². The summed E-state index contributed by atoms with van der Waals surface area (Å²) in [5.41, 5.74) is -0.0952. The van der Waals surface area contributed by atoms with Crippen LogP contribution in [0.1, 0.15) is 58.4 Å². The molecule has 3 fully saturated rings. The predicted octanol–water partition coefficient (Wildman–Crippen LogP) is 3.40. The Balaban J connectivity index is 1.45. The summed E-state index contributed by atoms with van der Waals surface area (Å²) >= 11 is 0. The summed E-state index contributed by atoms with van der Waals surface area (Å²) in [6.07, 6.45) is 4.38. The number of nitrogens with zero attached hydrogens (tertiary/aromatic N) is 4. The first-order valence-electron chi connectivity index (χ1n) is 12.4. The second-order valence-corrected chi connectivity index (χ2v) is 10.6. The molecule has 3 aliphatic rings. The van der Waals surface area contributed by atoms with Crippen LogP contribution < -0.4 is 4.74 Å². The molecule has 1 saturated carbocycles. The molecule has 2 saturated heterocycles. The standard InChI is InChI=1S/C26H36N4O4/c1-26(2,3)34-25(32)30-18-22(33-21-10-8-19(17-27)9-11-21)16-23(30)24(31)29-13-5-12-28(14-15-29)20-6-4-7-20/h8-11,20,22-23H,4-7,12-16,18H2,1-3H3/t22-,23-/m1/s1. The van der Waals surface area contributed by atoms with Gasteiger partial charge in [-0.15, -0.1) is 0 Å². The lowest BCUT2D eigenvalue weighted by atomic mass is 9.91. The van der Waals surface area contributed by atoms with Crippen LogP contribution in [0.15, 0.2) is 24.3 Å². The van der Waals surface area contributed by atoms with Crippen LogP contribution in [0.3, 0.4) is 0 Å². The maximum absolute atomic E-state index is 13.6. The largest absolute Gasteiger partial charge is 0.488 e. The average Bonchev–Trinajstić information content (AvgIpc) is 3.02. The van der Waals surface area contributed by atoms with Crippen LogP contribution in [-0.4, -0.2) is 83.2 Å². The Bertz CT molecular complexity index is 916. The molecule has 2 aliphatic heterocycles. The van der Waals surface area contributed by atoms with Crippen molar-refractivity contribution in [2.24, 2.45) is 0 Å². The van der Waals surface area contributed by atoms with E-state index in [1.54, 1.807) is 24.3 Å². The zero-order valence-corrected chi connectivity index (χ0v) is 20.5. The highest BCUT2D eigenvalue weighted by molar-refractivity contribution is 5.86. The summed E-state index contributed by atoms with van der Waals surface area (Å²) in [6.45, 7) is 9.08. The minimum atomic E-state index is -0.650. The van der Waals surface area contributed by atoms with Gasteiger partial charge in [-0.25, -0.2) is 4.79 Å². The molecular weight excluding hydrogens is 432 g/mol. The molecule has 0 spiro atoms. The van der Waals surface area contributed by atoms with Gasteiger partial charge < -0.3 is 14.4 Å². The molecule has 2 amide bonds. The van der Waals surface area contributed by atoms with E-state index < -0.39 is 17.7 Å². The summed E-state index contributed by atoms with van der Waals surface area (Å²) in [7, 11) is 0. The Morgan fingerprint density at radius 3 is 2.38 bits per heavy atom. The second-order valence-electron chi connectivity index (χ2n) is 10.6. The number of benzene rings is 1. The molecule has 0 aromatic heterocycles. The highest BCUT2D eigenvalue weighted by Gasteiger charge is 2.44. The van der Waals surface area contributed by atoms with Crippen LogP contribution in [0, 0.1) is 11.3 Å². The monoisotopic (exact) mass is 468 g/mol. The topological polar surface area (TPSA) is 86.1 Å². The van der Waals surface area contributed by atoms with Crippen LogP contribution >= 0.6 is 0 Å². The molecule has 8 nitrogen and oxygen atoms in total. The first-order valence-corrected chi connectivity index (χ1v) is 12.4. The van der Waals surface area contributed by atoms with Crippen molar-refractivity contribution in [3.8, 4) is 11.8 Å². The maximum atomic E-state index is 13.6. The van der Waals surface area contributed by atoms with Crippen molar-refractivity contribution < 1.29 is 19.1 Å². The van der Waals surface area contributed by atoms with E-state index in [-0.39, 0.29) is 18.6 Å². The van der Waals surface area contributed by atoms with Gasteiger partial charge in [0.2, 0.25) is 5.91 Å². The van der Waals surface area contributed by atoms with E-state index in [4.69, 9.17) is 14.7 Å². The van der Waals surface area contributed by atoms with E-state index in [2.05, 4.69) is 11.0 Å². The van der Waals surface area contributed by atoms with Crippen LogP contribution in [0.2, 0.25) is 0 Å². The Morgan fingerprint density at radius 2 is 1.76 bits per heavy atom. The van der Waals surface area contributed by atoms with E-state index in [0.717, 1.165) is 19.5 Å². The van der Waals surface area contributed by atoms with Crippen LogP contribution in [0.4, 0.5) is 4.79 Å². The third-order valence-electron chi connectivity index (χ3n) is 6.90. The van der Waals surface area contributed by atoms with Gasteiger partial charge in [0, 0.05) is 38.6 Å². The zero-order valence-electron chi connectivity index (χ0n) is 20.5. The van der Waals surface area contributed by atoms with Crippen molar-refractivity contribution in [3.05, 3.63) is 29.8 Å². The summed E-state index contributed by atoms with van der Waals surface area (Å²) in [6, 6.07) is 9.05. The average molecular weight is 469 g/mol. The number of hydrogen-bond donors (Lipinski definition) is 0. The Morgan fingerprint density at radius 1 is 1.03 bits per heavy atom. The highest BCUT2D eigenvalue weighted by Crippen LogP contribution is 2.29. The number of amides is 2. The molecule has 0 bridgehead atoms. The van der Waals surface area contributed by atoms with Crippen molar-refractivity contribution in [1.29, 1.82) is 5.26 Å². The van der Waals surface area contributed by atoms with Crippen LogP contribution in [0.5, 0.6) is 5.75 Å². The Kier molecular flexibility index (Phi) is 7.32. The summed E-state index contributed by atoms with van der Waals surface area (Å²) in [4.78, 5) is 32.7. The van der Waals surface area contributed by atoms with E-state index in [9.17, 15) is 9.59 Å². The van der Waals surface area contributed by atoms with E-state index >= 15 is 0 Å². The number of hydrogen-bond acceptors (Lipinski definition) is 6. The molecule has 1 aromatic carbocycles. The third-order valence-corrected chi connectivity index (χ3v) is 6.90. The summed E-state index contributed by atoms with van der Waals surface area (Å²) in [5, 5.41) is 9.01. The molecule has 8 heteroatoms. The van der Waals surface area contributed by atoms with Crippen LogP contribution in [-0.2, 0) is 9.53 Å². The number of likely N-dealkylation sites (tertiary alicyclic amines) is 1. The van der Waals surface area contributed by atoms with Crippen LogP contribution in [0.25, 0.3) is 0 Å². The van der Waals surface area contributed by atoms with E-state index in [0.29, 0.717) is 36.9 Å². The van der Waals surface area contributed by atoms with Crippen molar-refractivity contribution >= 4 is 12.0 Å². The number of carbonyl (C=O) groups is 2. The predicted molar refractivity (Wildman–Crippen MR) is 127 cm³/mol. The molecule has 2 atom stereocenters. The first kappa shape index (κ1) is 24.3. The minimum Gasteiger partial charge on any atom is -0.488 e. The number of ether oxygens (including phenoxy) is 2. The number of carbonyl (C=O) groups excluding carboxylic acids is 2. The van der Waals surface area contributed by atoms with E-state index in [1.807, 2.05) is 25.7 Å². The molecule has 34 heavy (non-hydrogen) atoms. The van der Waals surface area contributed by atoms with Gasteiger partial charge in [0.15, 0.2) is 0 Å². The normalized spacial score (nSPS) is 24.2. The molecule has 0 N–H and O–H groups in total. The summed E-state index contributed by atoms with van der Waals surface area (Å²) in [5.74, 6) is 0.597. The van der Waals surface area contributed by atoms with E-state index in [1.165, 1.54) is 24.2 Å². The third kappa shape index (κ3) is 5.82. The van der Waals surface area contributed by atoms with Gasteiger partial charge in [-0.3, -0.25) is 14.6 Å². The molecule has 4 rings (SSSR count). The van der Waals surface area contributed by atoms with Gasteiger partial charge in [-0.05, 0) is 64.3 Å². The van der Waals surface area contributed by atoms with Gasteiger partial charge in [-0.1, -0.05) is 6.42 Å². The minimum absolute atomic E-state index is 0.0211. The fourth-order valence-electron chi connectivity index (χ4n) is 4.93. The Hall–Kier alpha value is -2.79. The van der Waals surface area contributed by atoms with Gasteiger partial charge in [0.1, 0.15) is 23.5 Å². The summed E-state index contributed by atoms with van der Waals surface area (Å²) < 4.78 is 11.7. The molecular formula is C26H36N4O4. The molecule has 2 heterocycles. The Labute approximate surface area is 202 Å². The number of rotatable bonds is 4. The molecule has 1 aliphatic carbocycles. The lowest BCUT2D eigenvalue weighted by Crippen LogP contribution is -2.50. The first-order chi connectivity index (χ1) is 16.2. The lowest BCUT2D eigenvalue weighted by molar-refractivity contribution is -0.135. The molecule has 184 valence electrons.